The van der Waals surface area contributed by atoms with Crippen molar-refractivity contribution < 1.29 is 9.59 Å². The molecule has 0 spiro atoms. The van der Waals surface area contributed by atoms with Gasteiger partial charge in [0, 0.05) is 46.1 Å². The van der Waals surface area contributed by atoms with Crippen molar-refractivity contribution in [3.8, 4) is 0 Å². The van der Waals surface area contributed by atoms with E-state index in [2.05, 4.69) is 0 Å². The summed E-state index contributed by atoms with van der Waals surface area (Å²) < 4.78 is 0. The first-order valence-electron chi connectivity index (χ1n) is 6.76. The maximum atomic E-state index is 12.1. The molecule has 1 atom stereocenters. The van der Waals surface area contributed by atoms with Crippen LogP contribution < -0.4 is 5.73 Å². The smallest absolute Gasteiger partial charge is 0.222 e. The van der Waals surface area contributed by atoms with Gasteiger partial charge in [0.2, 0.25) is 11.8 Å². The predicted molar refractivity (Wildman–Crippen MR) is 71.0 cm³/mol. The Morgan fingerprint density at radius 1 is 1.28 bits per heavy atom. The number of likely N-dealkylation sites (tertiary alicyclic amines) is 1. The lowest BCUT2D eigenvalue weighted by atomic mass is 10.0. The van der Waals surface area contributed by atoms with Gasteiger partial charge in [-0.15, -0.1) is 0 Å². The summed E-state index contributed by atoms with van der Waals surface area (Å²) in [4.78, 5) is 26.9. The highest BCUT2D eigenvalue weighted by atomic mass is 16.2. The highest BCUT2D eigenvalue weighted by Gasteiger charge is 2.25. The quantitative estimate of drug-likeness (QED) is 0.781. The maximum Gasteiger partial charge on any atom is 0.222 e. The highest BCUT2D eigenvalue weighted by Crippen LogP contribution is 2.17. The number of piperidine rings is 1. The predicted octanol–water partition coefficient (Wildman–Crippen LogP) is 0.585. The summed E-state index contributed by atoms with van der Waals surface area (Å²) in [6.07, 6.45) is 4.77. The lowest BCUT2D eigenvalue weighted by molar-refractivity contribution is -0.135. The molecule has 1 aliphatic rings. The minimum Gasteiger partial charge on any atom is -0.349 e. The van der Waals surface area contributed by atoms with Crippen LogP contribution in [0.2, 0.25) is 0 Å². The van der Waals surface area contributed by atoms with Crippen LogP contribution in [0.3, 0.4) is 0 Å². The van der Waals surface area contributed by atoms with Gasteiger partial charge in [0.15, 0.2) is 0 Å². The number of carbonyl (C=O) groups excluding carboxylic acids is 2. The number of rotatable bonds is 5. The molecule has 0 bridgehead atoms. The first-order valence-corrected chi connectivity index (χ1v) is 6.76. The van der Waals surface area contributed by atoms with Crippen LogP contribution in [0.1, 0.15) is 38.5 Å². The third-order valence-corrected chi connectivity index (χ3v) is 3.50. The van der Waals surface area contributed by atoms with Crippen molar-refractivity contribution >= 4 is 11.8 Å². The molecule has 1 saturated heterocycles. The standard InChI is InChI=1S/C13H25N3O2/c1-15(2)12(17)7-5-8-13(18)16-9-4-3-6-11(16)10-14/h11H,3-10,14H2,1-2H3. The molecule has 1 heterocycles. The topological polar surface area (TPSA) is 66.6 Å². The molecule has 1 rings (SSSR count). The molecular weight excluding hydrogens is 230 g/mol. The average Bonchev–Trinajstić information content (AvgIpc) is 2.38. The molecule has 1 fully saturated rings. The van der Waals surface area contributed by atoms with E-state index in [9.17, 15) is 9.59 Å². The number of nitrogens with zero attached hydrogens (tertiary/aromatic N) is 2. The van der Waals surface area contributed by atoms with Crippen molar-refractivity contribution in [2.45, 2.75) is 44.6 Å². The molecule has 0 aliphatic carbocycles. The highest BCUT2D eigenvalue weighted by molar-refractivity contribution is 5.79. The Hall–Kier alpha value is -1.10. The van der Waals surface area contributed by atoms with E-state index in [-0.39, 0.29) is 17.9 Å². The largest absolute Gasteiger partial charge is 0.349 e. The second-order valence-electron chi connectivity index (χ2n) is 5.11. The van der Waals surface area contributed by atoms with E-state index >= 15 is 0 Å². The van der Waals surface area contributed by atoms with E-state index in [4.69, 9.17) is 5.73 Å². The Balaban J connectivity index is 2.33. The van der Waals surface area contributed by atoms with Crippen molar-refractivity contribution in [3.05, 3.63) is 0 Å². The molecule has 5 heteroatoms. The van der Waals surface area contributed by atoms with Crippen LogP contribution in [-0.4, -0.2) is 54.8 Å². The molecule has 1 aliphatic heterocycles. The summed E-state index contributed by atoms with van der Waals surface area (Å²) in [5.74, 6) is 0.230. The Morgan fingerprint density at radius 3 is 2.61 bits per heavy atom. The second kappa shape index (κ2) is 7.36. The van der Waals surface area contributed by atoms with Crippen molar-refractivity contribution in [2.75, 3.05) is 27.2 Å². The Labute approximate surface area is 109 Å². The minimum atomic E-state index is 0.0804. The molecule has 0 saturated carbocycles. The third kappa shape index (κ3) is 4.29. The van der Waals surface area contributed by atoms with Crippen LogP contribution in [-0.2, 0) is 9.59 Å². The van der Waals surface area contributed by atoms with E-state index < -0.39 is 0 Å². The molecular formula is C13H25N3O2. The summed E-state index contributed by atoms with van der Waals surface area (Å²) in [5.41, 5.74) is 5.69. The van der Waals surface area contributed by atoms with E-state index in [1.807, 2.05) is 4.90 Å². The molecule has 2 amide bonds. The molecule has 0 aromatic carbocycles. The molecule has 0 aromatic heterocycles. The minimum absolute atomic E-state index is 0.0804. The fraction of sp³-hybridized carbons (Fsp3) is 0.846. The molecule has 2 N–H and O–H groups in total. The summed E-state index contributed by atoms with van der Waals surface area (Å²) >= 11 is 0. The van der Waals surface area contributed by atoms with Gasteiger partial charge in [-0.2, -0.15) is 0 Å². The van der Waals surface area contributed by atoms with Crippen LogP contribution in [0.5, 0.6) is 0 Å². The van der Waals surface area contributed by atoms with Gasteiger partial charge in [-0.05, 0) is 25.7 Å². The van der Waals surface area contributed by atoms with E-state index in [0.29, 0.717) is 25.8 Å². The zero-order valence-corrected chi connectivity index (χ0v) is 11.5. The van der Waals surface area contributed by atoms with Crippen molar-refractivity contribution in [1.82, 2.24) is 9.80 Å². The van der Waals surface area contributed by atoms with Gasteiger partial charge in [0.05, 0.1) is 0 Å². The number of hydrogen-bond acceptors (Lipinski definition) is 3. The van der Waals surface area contributed by atoms with Crippen LogP contribution >= 0.6 is 0 Å². The van der Waals surface area contributed by atoms with Crippen molar-refractivity contribution in [3.63, 3.8) is 0 Å². The molecule has 104 valence electrons. The van der Waals surface area contributed by atoms with Gasteiger partial charge in [-0.3, -0.25) is 9.59 Å². The summed E-state index contributed by atoms with van der Waals surface area (Å²) in [6.45, 7) is 1.37. The first-order chi connectivity index (χ1) is 8.56. The lowest BCUT2D eigenvalue weighted by Crippen LogP contribution is -2.47. The molecule has 0 radical (unpaired) electrons. The molecule has 0 aromatic rings. The Morgan fingerprint density at radius 2 is 2.00 bits per heavy atom. The van der Waals surface area contributed by atoms with Gasteiger partial charge in [-0.1, -0.05) is 0 Å². The van der Waals surface area contributed by atoms with Crippen molar-refractivity contribution in [1.29, 1.82) is 0 Å². The summed E-state index contributed by atoms with van der Waals surface area (Å²) in [5, 5.41) is 0. The van der Waals surface area contributed by atoms with E-state index in [1.165, 1.54) is 0 Å². The number of amides is 2. The van der Waals surface area contributed by atoms with Crippen LogP contribution in [0.4, 0.5) is 0 Å². The van der Waals surface area contributed by atoms with Gasteiger partial charge >= 0.3 is 0 Å². The number of nitrogens with two attached hydrogens (primary N) is 1. The van der Waals surface area contributed by atoms with Gasteiger partial charge in [-0.25, -0.2) is 0 Å². The number of hydrogen-bond donors (Lipinski definition) is 1. The van der Waals surface area contributed by atoms with E-state index in [1.54, 1.807) is 19.0 Å². The third-order valence-electron chi connectivity index (χ3n) is 3.50. The van der Waals surface area contributed by atoms with Gasteiger partial charge in [0.1, 0.15) is 0 Å². The Kier molecular flexibility index (Phi) is 6.12. The fourth-order valence-corrected chi connectivity index (χ4v) is 2.33. The van der Waals surface area contributed by atoms with E-state index in [0.717, 1.165) is 25.8 Å². The Bertz CT molecular complexity index is 292. The lowest BCUT2D eigenvalue weighted by Gasteiger charge is -2.35. The monoisotopic (exact) mass is 255 g/mol. The summed E-state index contributed by atoms with van der Waals surface area (Å²) in [7, 11) is 3.47. The fourth-order valence-electron chi connectivity index (χ4n) is 2.33. The molecule has 1 unspecified atom stereocenters. The zero-order chi connectivity index (χ0) is 13.5. The summed E-state index contributed by atoms with van der Waals surface area (Å²) in [6, 6.07) is 0.204. The molecule has 5 nitrogen and oxygen atoms in total. The first kappa shape index (κ1) is 15.0. The number of carbonyl (C=O) groups is 2. The van der Waals surface area contributed by atoms with Crippen molar-refractivity contribution in [2.24, 2.45) is 5.73 Å². The normalized spacial score (nSPS) is 19.7. The SMILES string of the molecule is CN(C)C(=O)CCCC(=O)N1CCCCC1CN. The maximum absolute atomic E-state index is 12.1. The van der Waals surface area contributed by atoms with Crippen LogP contribution in [0.25, 0.3) is 0 Å². The molecule has 18 heavy (non-hydrogen) atoms. The second-order valence-corrected chi connectivity index (χ2v) is 5.11. The average molecular weight is 255 g/mol. The zero-order valence-electron chi connectivity index (χ0n) is 11.5. The van der Waals surface area contributed by atoms with Crippen LogP contribution in [0.15, 0.2) is 0 Å². The van der Waals surface area contributed by atoms with Gasteiger partial charge in [0.25, 0.3) is 0 Å². The van der Waals surface area contributed by atoms with Crippen LogP contribution in [0, 0.1) is 0 Å². The van der Waals surface area contributed by atoms with Gasteiger partial charge < -0.3 is 15.5 Å².